The Balaban J connectivity index is 1.61. The third-order valence-electron chi connectivity index (χ3n) is 8.70. The largest absolute Gasteiger partial charge is 0.493 e. The predicted octanol–water partition coefficient (Wildman–Crippen LogP) is 6.10. The van der Waals surface area contributed by atoms with E-state index >= 15 is 0 Å². The Morgan fingerprint density at radius 3 is 2.60 bits per heavy atom. The fraction of sp³-hybridized carbons (Fsp3) is 0.452. The first-order valence-corrected chi connectivity index (χ1v) is 13.0. The standard InChI is InChI=1S/C31H39N3O/c1-6-23-15-17-34(19-24(23)7-2)28-29(32)33-30(4)16-11-14-25-21(3)18-26(31(28,5)27(25)30)35-20-22-12-9-8-10-13-22/h6-10,12-13,18,21,28H,1-2,11,14-17,19-20H2,3-5H3,(H2,32,33). The first-order chi connectivity index (χ1) is 16.8. The number of aliphatic imine (C=N–C) groups is 1. The summed E-state index contributed by atoms with van der Waals surface area (Å²) in [5, 5.41) is 0. The molecule has 0 aromatic heterocycles. The van der Waals surface area contributed by atoms with Crippen LogP contribution in [-0.4, -0.2) is 35.4 Å². The van der Waals surface area contributed by atoms with Crippen molar-refractivity contribution in [2.45, 2.75) is 64.6 Å². The van der Waals surface area contributed by atoms with Crippen molar-refractivity contribution in [3.05, 3.63) is 95.3 Å². The Labute approximate surface area is 210 Å². The lowest BCUT2D eigenvalue weighted by Crippen LogP contribution is -2.64. The van der Waals surface area contributed by atoms with Crippen molar-refractivity contribution in [1.29, 1.82) is 0 Å². The molecule has 4 atom stereocenters. The smallest absolute Gasteiger partial charge is 0.114 e. The lowest BCUT2D eigenvalue weighted by Gasteiger charge is -2.57. The number of rotatable bonds is 6. The summed E-state index contributed by atoms with van der Waals surface area (Å²) < 4.78 is 6.73. The maximum atomic E-state index is 6.92. The summed E-state index contributed by atoms with van der Waals surface area (Å²) >= 11 is 0. The van der Waals surface area contributed by atoms with E-state index in [9.17, 15) is 0 Å². The van der Waals surface area contributed by atoms with Gasteiger partial charge < -0.3 is 10.5 Å². The molecule has 2 heterocycles. The van der Waals surface area contributed by atoms with Gasteiger partial charge in [0.25, 0.3) is 0 Å². The van der Waals surface area contributed by atoms with Crippen LogP contribution < -0.4 is 5.73 Å². The molecule has 5 rings (SSSR count). The number of nitrogens with zero attached hydrogens (tertiary/aromatic N) is 2. The first kappa shape index (κ1) is 23.9. The van der Waals surface area contributed by atoms with Crippen molar-refractivity contribution in [1.82, 2.24) is 4.90 Å². The number of hydrogen-bond donors (Lipinski definition) is 1. The molecule has 4 heteroatoms. The van der Waals surface area contributed by atoms with Gasteiger partial charge in [0.1, 0.15) is 18.2 Å². The van der Waals surface area contributed by atoms with Gasteiger partial charge in [0.05, 0.1) is 17.0 Å². The summed E-state index contributed by atoms with van der Waals surface area (Å²) in [6, 6.07) is 10.4. The minimum atomic E-state index is -0.365. The quantitative estimate of drug-likeness (QED) is 0.513. The predicted molar refractivity (Wildman–Crippen MR) is 145 cm³/mol. The maximum Gasteiger partial charge on any atom is 0.114 e. The molecular formula is C31H39N3O. The van der Waals surface area contributed by atoms with E-state index in [-0.39, 0.29) is 17.0 Å². The molecule has 184 valence electrons. The Bertz CT molecular complexity index is 1160. The van der Waals surface area contributed by atoms with E-state index in [1.165, 1.54) is 27.9 Å². The normalized spacial score (nSPS) is 33.0. The van der Waals surface area contributed by atoms with Crippen LogP contribution in [0.3, 0.4) is 0 Å². The maximum absolute atomic E-state index is 6.92. The molecule has 1 aromatic carbocycles. The first-order valence-electron chi connectivity index (χ1n) is 13.0. The highest BCUT2D eigenvalue weighted by atomic mass is 16.5. The average molecular weight is 470 g/mol. The zero-order chi connectivity index (χ0) is 24.8. The molecular weight excluding hydrogens is 430 g/mol. The lowest BCUT2D eigenvalue weighted by molar-refractivity contribution is 0.0671. The summed E-state index contributed by atoms with van der Waals surface area (Å²) in [5.74, 6) is 2.12. The average Bonchev–Trinajstić information content (AvgIpc) is 2.85. The van der Waals surface area contributed by atoms with Gasteiger partial charge in [-0.25, -0.2) is 0 Å². The summed E-state index contributed by atoms with van der Waals surface area (Å²) in [6.45, 7) is 17.3. The Morgan fingerprint density at radius 1 is 1.14 bits per heavy atom. The summed E-state index contributed by atoms with van der Waals surface area (Å²) in [4.78, 5) is 7.75. The van der Waals surface area contributed by atoms with Gasteiger partial charge in [-0.05, 0) is 73.8 Å². The molecule has 0 saturated carbocycles. The zero-order valence-corrected chi connectivity index (χ0v) is 21.5. The summed E-state index contributed by atoms with van der Waals surface area (Å²) in [7, 11) is 0. The highest BCUT2D eigenvalue weighted by Gasteiger charge is 2.59. The van der Waals surface area contributed by atoms with Crippen molar-refractivity contribution < 1.29 is 4.74 Å². The van der Waals surface area contributed by atoms with E-state index in [0.29, 0.717) is 12.5 Å². The summed E-state index contributed by atoms with van der Waals surface area (Å²) in [6.07, 6.45) is 10.6. The van der Waals surface area contributed by atoms with Crippen LogP contribution in [0.2, 0.25) is 0 Å². The molecule has 0 radical (unpaired) electrons. The third kappa shape index (κ3) is 3.83. The second-order valence-electron chi connectivity index (χ2n) is 10.9. The molecule has 35 heavy (non-hydrogen) atoms. The fourth-order valence-electron chi connectivity index (χ4n) is 7.18. The van der Waals surface area contributed by atoms with E-state index < -0.39 is 0 Å². The Kier molecular flexibility index (Phi) is 6.13. The van der Waals surface area contributed by atoms with Crippen LogP contribution in [0.5, 0.6) is 0 Å². The van der Waals surface area contributed by atoms with Crippen LogP contribution >= 0.6 is 0 Å². The molecule has 0 spiro atoms. The minimum Gasteiger partial charge on any atom is -0.493 e. The van der Waals surface area contributed by atoms with Gasteiger partial charge in [-0.1, -0.05) is 68.1 Å². The van der Waals surface area contributed by atoms with Gasteiger partial charge in [0.2, 0.25) is 0 Å². The van der Waals surface area contributed by atoms with Crippen molar-refractivity contribution in [2.75, 3.05) is 13.1 Å². The van der Waals surface area contributed by atoms with Gasteiger partial charge in [-0.15, -0.1) is 0 Å². The Hall–Kier alpha value is -2.85. The zero-order valence-electron chi connectivity index (χ0n) is 21.5. The monoisotopic (exact) mass is 469 g/mol. The Morgan fingerprint density at radius 2 is 1.89 bits per heavy atom. The molecule has 2 N–H and O–H groups in total. The third-order valence-corrected chi connectivity index (χ3v) is 8.70. The van der Waals surface area contributed by atoms with E-state index in [1.54, 1.807) is 0 Å². The van der Waals surface area contributed by atoms with Gasteiger partial charge in [0.15, 0.2) is 0 Å². The topological polar surface area (TPSA) is 50.8 Å². The van der Waals surface area contributed by atoms with E-state index in [4.69, 9.17) is 15.5 Å². The molecule has 1 aromatic rings. The fourth-order valence-corrected chi connectivity index (χ4v) is 7.18. The van der Waals surface area contributed by atoms with E-state index in [1.807, 2.05) is 18.2 Å². The lowest BCUT2D eigenvalue weighted by atomic mass is 9.55. The van der Waals surface area contributed by atoms with Crippen LogP contribution in [0.4, 0.5) is 0 Å². The molecule has 0 bridgehead atoms. The summed E-state index contributed by atoms with van der Waals surface area (Å²) in [5.41, 5.74) is 13.0. The number of hydrogen-bond acceptors (Lipinski definition) is 4. The number of nitrogens with two attached hydrogens (primary N) is 1. The van der Waals surface area contributed by atoms with Gasteiger partial charge in [0, 0.05) is 13.1 Å². The van der Waals surface area contributed by atoms with Gasteiger partial charge in [-0.2, -0.15) is 0 Å². The van der Waals surface area contributed by atoms with E-state index in [0.717, 1.165) is 50.4 Å². The van der Waals surface area contributed by atoms with Crippen LogP contribution in [0.15, 0.2) is 94.8 Å². The van der Waals surface area contributed by atoms with Crippen LogP contribution in [0.1, 0.15) is 52.0 Å². The highest BCUT2D eigenvalue weighted by molar-refractivity contribution is 5.90. The van der Waals surface area contributed by atoms with Crippen molar-refractivity contribution in [3.8, 4) is 0 Å². The SMILES string of the molecule is C=CC1=C(C=C)CN(C2C(N)=NC3(C)CCCC4=C3C2(C)C(OCc2ccccc2)=CC4C)CC1. The van der Waals surface area contributed by atoms with Crippen molar-refractivity contribution in [2.24, 2.45) is 22.1 Å². The molecule has 0 saturated heterocycles. The van der Waals surface area contributed by atoms with Crippen molar-refractivity contribution >= 4 is 5.84 Å². The van der Waals surface area contributed by atoms with Crippen LogP contribution in [0.25, 0.3) is 0 Å². The number of benzene rings is 1. The number of ether oxygens (including phenoxy) is 1. The molecule has 0 fully saturated rings. The number of allylic oxidation sites excluding steroid dienone is 3. The van der Waals surface area contributed by atoms with Crippen LogP contribution in [-0.2, 0) is 11.3 Å². The highest BCUT2D eigenvalue weighted by Crippen LogP contribution is 2.59. The molecule has 4 aliphatic rings. The minimum absolute atomic E-state index is 0.0606. The second-order valence-corrected chi connectivity index (χ2v) is 10.9. The molecule has 4 nitrogen and oxygen atoms in total. The van der Waals surface area contributed by atoms with Crippen LogP contribution in [0, 0.1) is 11.3 Å². The van der Waals surface area contributed by atoms with E-state index in [2.05, 4.69) is 69.2 Å². The van der Waals surface area contributed by atoms with Gasteiger partial charge >= 0.3 is 0 Å². The number of amidine groups is 1. The molecule has 4 unspecified atom stereocenters. The molecule has 2 aliphatic heterocycles. The second kappa shape index (κ2) is 8.98. The van der Waals surface area contributed by atoms with Gasteiger partial charge in [-0.3, -0.25) is 9.89 Å². The molecule has 0 amide bonds. The van der Waals surface area contributed by atoms with Crippen molar-refractivity contribution in [3.63, 3.8) is 0 Å². The molecule has 2 aliphatic carbocycles.